The first-order chi connectivity index (χ1) is 10.2. The van der Waals surface area contributed by atoms with E-state index in [0.29, 0.717) is 6.61 Å². The normalized spacial score (nSPS) is 22.2. The molecule has 0 amide bonds. The molecule has 0 radical (unpaired) electrons. The number of rotatable bonds is 7. The van der Waals surface area contributed by atoms with Crippen LogP contribution in [0.25, 0.3) is 0 Å². The van der Waals surface area contributed by atoms with Gasteiger partial charge in [0.05, 0.1) is 17.2 Å². The van der Waals surface area contributed by atoms with Gasteiger partial charge in [-0.05, 0) is 41.3 Å². The van der Waals surface area contributed by atoms with Crippen LogP contribution in [0.15, 0.2) is 22.7 Å². The molecule has 0 bridgehead atoms. The van der Waals surface area contributed by atoms with E-state index in [1.54, 1.807) is 7.11 Å². The third-order valence-electron chi connectivity index (χ3n) is 3.78. The second-order valence-corrected chi connectivity index (χ2v) is 6.26. The Hall–Kier alpha value is -0.620. The number of benzene rings is 1. The highest BCUT2D eigenvalue weighted by Crippen LogP contribution is 2.32. The molecule has 118 valence electrons. The Morgan fingerprint density at radius 3 is 2.90 bits per heavy atom. The van der Waals surface area contributed by atoms with E-state index in [9.17, 15) is 5.11 Å². The summed E-state index contributed by atoms with van der Waals surface area (Å²) < 4.78 is 12.1. The zero-order chi connectivity index (χ0) is 15.1. The molecule has 5 heteroatoms. The molecule has 1 aliphatic carbocycles. The van der Waals surface area contributed by atoms with Crippen LogP contribution in [0, 0.1) is 0 Å². The maximum absolute atomic E-state index is 10.1. The highest BCUT2D eigenvalue weighted by molar-refractivity contribution is 9.10. The largest absolute Gasteiger partial charge is 0.486 e. The standard InChI is InChI=1S/C16H24BrNO3/c1-20-10-9-18-11-12-5-4-6-13(17)16(12)21-15-8-3-2-7-14(15)19/h4-6,14-15,18-19H,2-3,7-11H2,1H3. The molecule has 1 saturated carbocycles. The zero-order valence-electron chi connectivity index (χ0n) is 12.5. The summed E-state index contributed by atoms with van der Waals surface area (Å²) >= 11 is 3.56. The maximum Gasteiger partial charge on any atom is 0.138 e. The van der Waals surface area contributed by atoms with Crippen molar-refractivity contribution in [3.63, 3.8) is 0 Å². The Balaban J connectivity index is 2.02. The molecular weight excluding hydrogens is 334 g/mol. The van der Waals surface area contributed by atoms with Crippen molar-refractivity contribution < 1.29 is 14.6 Å². The number of aliphatic hydroxyl groups is 1. The van der Waals surface area contributed by atoms with Crippen molar-refractivity contribution in [3.8, 4) is 5.75 Å². The van der Waals surface area contributed by atoms with Gasteiger partial charge >= 0.3 is 0 Å². The Labute approximate surface area is 135 Å². The molecule has 2 unspecified atom stereocenters. The van der Waals surface area contributed by atoms with Gasteiger partial charge in [-0.3, -0.25) is 0 Å². The highest BCUT2D eigenvalue weighted by atomic mass is 79.9. The molecule has 1 aromatic carbocycles. The van der Waals surface area contributed by atoms with Crippen LogP contribution in [0.5, 0.6) is 5.75 Å². The fraction of sp³-hybridized carbons (Fsp3) is 0.625. The Morgan fingerprint density at radius 1 is 1.33 bits per heavy atom. The second kappa shape index (κ2) is 8.73. The van der Waals surface area contributed by atoms with Crippen LogP contribution in [0.3, 0.4) is 0 Å². The maximum atomic E-state index is 10.1. The van der Waals surface area contributed by atoms with Gasteiger partial charge in [0.25, 0.3) is 0 Å². The summed E-state index contributed by atoms with van der Waals surface area (Å²) in [6.45, 7) is 2.21. The second-order valence-electron chi connectivity index (χ2n) is 5.41. The predicted molar refractivity (Wildman–Crippen MR) is 86.6 cm³/mol. The van der Waals surface area contributed by atoms with E-state index in [1.165, 1.54) is 0 Å². The van der Waals surface area contributed by atoms with Crippen molar-refractivity contribution in [3.05, 3.63) is 28.2 Å². The van der Waals surface area contributed by atoms with E-state index >= 15 is 0 Å². The van der Waals surface area contributed by atoms with Gasteiger partial charge in [-0.2, -0.15) is 0 Å². The van der Waals surface area contributed by atoms with Crippen LogP contribution in [-0.2, 0) is 11.3 Å². The van der Waals surface area contributed by atoms with Crippen molar-refractivity contribution in [2.45, 2.75) is 44.4 Å². The first kappa shape index (κ1) is 16.7. The summed E-state index contributed by atoms with van der Waals surface area (Å²) in [7, 11) is 1.69. The molecule has 2 N–H and O–H groups in total. The summed E-state index contributed by atoms with van der Waals surface area (Å²) in [6, 6.07) is 6.03. The molecule has 1 aromatic rings. The minimum absolute atomic E-state index is 0.102. The smallest absolute Gasteiger partial charge is 0.138 e. The molecule has 0 aliphatic heterocycles. The van der Waals surface area contributed by atoms with Crippen LogP contribution < -0.4 is 10.1 Å². The van der Waals surface area contributed by atoms with E-state index in [0.717, 1.165) is 54.6 Å². The molecule has 1 aliphatic rings. The van der Waals surface area contributed by atoms with Crippen LogP contribution in [-0.4, -0.2) is 37.6 Å². The Bertz CT molecular complexity index is 442. The van der Waals surface area contributed by atoms with Gasteiger partial charge in [0.1, 0.15) is 11.9 Å². The fourth-order valence-corrected chi connectivity index (χ4v) is 3.09. The summed E-state index contributed by atoms with van der Waals surface area (Å²) in [6.07, 6.45) is 3.49. The van der Waals surface area contributed by atoms with Gasteiger partial charge in [-0.1, -0.05) is 18.6 Å². The minimum atomic E-state index is -0.361. The lowest BCUT2D eigenvalue weighted by molar-refractivity contribution is 0.00595. The van der Waals surface area contributed by atoms with Crippen LogP contribution in [0.2, 0.25) is 0 Å². The lowest BCUT2D eigenvalue weighted by Crippen LogP contribution is -2.35. The van der Waals surface area contributed by atoms with Gasteiger partial charge in [-0.15, -0.1) is 0 Å². The molecule has 1 fully saturated rings. The highest BCUT2D eigenvalue weighted by Gasteiger charge is 2.26. The Kier molecular flexibility index (Phi) is 6.96. The topological polar surface area (TPSA) is 50.7 Å². The zero-order valence-corrected chi connectivity index (χ0v) is 14.1. The number of hydrogen-bond acceptors (Lipinski definition) is 4. The van der Waals surface area contributed by atoms with Gasteiger partial charge in [0, 0.05) is 25.8 Å². The number of para-hydroxylation sites is 1. The summed E-state index contributed by atoms with van der Waals surface area (Å²) in [4.78, 5) is 0. The number of nitrogens with one attached hydrogen (secondary N) is 1. The molecular formula is C16H24BrNO3. The molecule has 2 rings (SSSR count). The van der Waals surface area contributed by atoms with Crippen molar-refractivity contribution in [2.75, 3.05) is 20.3 Å². The number of aliphatic hydroxyl groups excluding tert-OH is 1. The fourth-order valence-electron chi connectivity index (χ4n) is 2.59. The predicted octanol–water partition coefficient (Wildman–Crippen LogP) is 2.87. The third-order valence-corrected chi connectivity index (χ3v) is 4.41. The molecule has 0 saturated heterocycles. The Morgan fingerprint density at radius 2 is 2.14 bits per heavy atom. The average Bonchev–Trinajstić information content (AvgIpc) is 2.49. The third kappa shape index (κ3) is 4.95. The lowest BCUT2D eigenvalue weighted by atomic mass is 9.95. The van der Waals surface area contributed by atoms with E-state index < -0.39 is 0 Å². The van der Waals surface area contributed by atoms with E-state index in [-0.39, 0.29) is 12.2 Å². The molecule has 0 heterocycles. The van der Waals surface area contributed by atoms with Crippen molar-refractivity contribution in [1.82, 2.24) is 5.32 Å². The number of ether oxygens (including phenoxy) is 2. The summed E-state index contributed by atoms with van der Waals surface area (Å²) in [5.74, 6) is 0.841. The number of methoxy groups -OCH3 is 1. The summed E-state index contributed by atoms with van der Waals surface area (Å²) in [5.41, 5.74) is 1.10. The average molecular weight is 358 g/mol. The quantitative estimate of drug-likeness (QED) is 0.736. The van der Waals surface area contributed by atoms with Gasteiger partial charge in [0.2, 0.25) is 0 Å². The molecule has 4 nitrogen and oxygen atoms in total. The molecule has 0 spiro atoms. The monoisotopic (exact) mass is 357 g/mol. The van der Waals surface area contributed by atoms with Crippen LogP contribution in [0.1, 0.15) is 31.2 Å². The number of hydrogen-bond donors (Lipinski definition) is 2. The lowest BCUT2D eigenvalue weighted by Gasteiger charge is -2.29. The van der Waals surface area contributed by atoms with E-state index in [2.05, 4.69) is 27.3 Å². The molecule has 21 heavy (non-hydrogen) atoms. The van der Waals surface area contributed by atoms with Gasteiger partial charge in [-0.25, -0.2) is 0 Å². The van der Waals surface area contributed by atoms with Crippen molar-refractivity contribution >= 4 is 15.9 Å². The molecule has 2 atom stereocenters. The minimum Gasteiger partial charge on any atom is -0.486 e. The van der Waals surface area contributed by atoms with Crippen molar-refractivity contribution in [2.24, 2.45) is 0 Å². The van der Waals surface area contributed by atoms with Crippen molar-refractivity contribution in [1.29, 1.82) is 0 Å². The van der Waals surface area contributed by atoms with Crippen LogP contribution in [0.4, 0.5) is 0 Å². The SMILES string of the molecule is COCCNCc1cccc(Br)c1OC1CCCCC1O. The first-order valence-corrected chi connectivity index (χ1v) is 8.33. The van der Waals surface area contributed by atoms with Gasteiger partial charge < -0.3 is 19.9 Å². The molecule has 0 aromatic heterocycles. The van der Waals surface area contributed by atoms with E-state index in [1.807, 2.05) is 12.1 Å². The van der Waals surface area contributed by atoms with Gasteiger partial charge in [0.15, 0.2) is 0 Å². The van der Waals surface area contributed by atoms with Crippen LogP contribution >= 0.6 is 15.9 Å². The summed E-state index contributed by atoms with van der Waals surface area (Å²) in [5, 5.41) is 13.4. The number of halogens is 1. The first-order valence-electron chi connectivity index (χ1n) is 7.54. The van der Waals surface area contributed by atoms with E-state index in [4.69, 9.17) is 9.47 Å².